The average molecular weight is 470 g/mol. The van der Waals surface area contributed by atoms with Crippen molar-refractivity contribution in [3.8, 4) is 5.69 Å². The lowest BCUT2D eigenvalue weighted by Crippen LogP contribution is -2.38. The fourth-order valence-corrected chi connectivity index (χ4v) is 4.09. The predicted molar refractivity (Wildman–Crippen MR) is 122 cm³/mol. The highest BCUT2D eigenvalue weighted by Crippen LogP contribution is 2.30. The first-order valence-corrected chi connectivity index (χ1v) is 11.1. The van der Waals surface area contributed by atoms with E-state index < -0.39 is 23.1 Å². The van der Waals surface area contributed by atoms with Gasteiger partial charge in [-0.15, -0.1) is 0 Å². The van der Waals surface area contributed by atoms with Gasteiger partial charge in [0.15, 0.2) is 5.69 Å². The Morgan fingerprint density at radius 1 is 0.971 bits per heavy atom. The Morgan fingerprint density at radius 3 is 2.47 bits per heavy atom. The molecule has 6 nitrogen and oxygen atoms in total. The van der Waals surface area contributed by atoms with Gasteiger partial charge in [0.1, 0.15) is 0 Å². The van der Waals surface area contributed by atoms with E-state index in [4.69, 9.17) is 0 Å². The van der Waals surface area contributed by atoms with Crippen molar-refractivity contribution in [2.24, 2.45) is 0 Å². The van der Waals surface area contributed by atoms with Crippen molar-refractivity contribution in [2.75, 3.05) is 26.2 Å². The van der Waals surface area contributed by atoms with Crippen molar-refractivity contribution in [2.45, 2.75) is 26.1 Å². The monoisotopic (exact) mass is 470 g/mol. The van der Waals surface area contributed by atoms with Gasteiger partial charge in [-0.2, -0.15) is 18.3 Å². The molecule has 0 radical (unpaired) electrons. The Kier molecular flexibility index (Phi) is 6.83. The number of carbonyl (C=O) groups excluding carboxylic acids is 1. The zero-order valence-electron chi connectivity index (χ0n) is 18.8. The minimum atomic E-state index is -4.51. The van der Waals surface area contributed by atoms with Gasteiger partial charge in [0.25, 0.3) is 5.91 Å². The summed E-state index contributed by atoms with van der Waals surface area (Å²) in [6.07, 6.45) is -3.77. The van der Waals surface area contributed by atoms with Crippen molar-refractivity contribution in [1.29, 1.82) is 0 Å². The second-order valence-electron chi connectivity index (χ2n) is 8.37. The summed E-state index contributed by atoms with van der Waals surface area (Å²) in [4.78, 5) is 29.7. The van der Waals surface area contributed by atoms with Gasteiger partial charge in [0.05, 0.1) is 11.3 Å². The van der Waals surface area contributed by atoms with E-state index in [0.29, 0.717) is 25.3 Å². The fraction of sp³-hybridized carbons (Fsp3) is 0.320. The molecule has 2 aromatic carbocycles. The van der Waals surface area contributed by atoms with E-state index in [1.165, 1.54) is 28.4 Å². The SMILES string of the molecule is Cc1cc(=O)c(C(=O)N2CCCN(Cc3ccccc3)CC2)nn1-c1cccc(C(F)(F)F)c1. The first-order chi connectivity index (χ1) is 16.2. The molecule has 178 valence electrons. The molecule has 1 saturated heterocycles. The van der Waals surface area contributed by atoms with Crippen molar-refractivity contribution in [1.82, 2.24) is 19.6 Å². The summed E-state index contributed by atoms with van der Waals surface area (Å²) in [5.41, 5.74) is -0.0112. The number of rotatable bonds is 4. The zero-order valence-corrected chi connectivity index (χ0v) is 18.8. The molecule has 0 aliphatic carbocycles. The van der Waals surface area contributed by atoms with Crippen LogP contribution in [0.25, 0.3) is 5.69 Å². The van der Waals surface area contributed by atoms with Crippen molar-refractivity contribution in [3.63, 3.8) is 0 Å². The number of carbonyl (C=O) groups is 1. The molecular formula is C25H25F3N4O2. The molecule has 3 aromatic rings. The maximum Gasteiger partial charge on any atom is 0.416 e. The van der Waals surface area contributed by atoms with Gasteiger partial charge in [-0.25, -0.2) is 4.68 Å². The first-order valence-electron chi connectivity index (χ1n) is 11.1. The molecule has 0 N–H and O–H groups in total. The lowest BCUT2D eigenvalue weighted by Gasteiger charge is -2.22. The highest BCUT2D eigenvalue weighted by Gasteiger charge is 2.31. The Bertz CT molecular complexity index is 1220. The molecule has 0 unspecified atom stereocenters. The van der Waals surface area contributed by atoms with Gasteiger partial charge in [-0.3, -0.25) is 14.5 Å². The molecule has 34 heavy (non-hydrogen) atoms. The molecule has 1 aliphatic rings. The Labute approximate surface area is 195 Å². The van der Waals surface area contributed by atoms with Gasteiger partial charge < -0.3 is 4.90 Å². The summed E-state index contributed by atoms with van der Waals surface area (Å²) in [6, 6.07) is 15.9. The molecule has 1 aliphatic heterocycles. The normalized spacial score (nSPS) is 15.2. The summed E-state index contributed by atoms with van der Waals surface area (Å²) >= 11 is 0. The Hall–Kier alpha value is -3.46. The fourth-order valence-electron chi connectivity index (χ4n) is 4.09. The second-order valence-corrected chi connectivity index (χ2v) is 8.37. The number of nitrogens with zero attached hydrogens (tertiary/aromatic N) is 4. The summed E-state index contributed by atoms with van der Waals surface area (Å²) in [5.74, 6) is -0.507. The molecule has 9 heteroatoms. The molecule has 0 atom stereocenters. The second kappa shape index (κ2) is 9.80. The minimum absolute atomic E-state index is 0.131. The molecule has 4 rings (SSSR count). The van der Waals surface area contributed by atoms with E-state index in [0.717, 1.165) is 31.6 Å². The van der Waals surface area contributed by atoms with E-state index in [9.17, 15) is 22.8 Å². The highest BCUT2D eigenvalue weighted by molar-refractivity contribution is 5.92. The number of hydrogen-bond acceptors (Lipinski definition) is 4. The van der Waals surface area contributed by atoms with Crippen LogP contribution in [0.2, 0.25) is 0 Å². The number of aromatic nitrogens is 2. The number of hydrogen-bond donors (Lipinski definition) is 0. The van der Waals surface area contributed by atoms with Crippen LogP contribution in [0, 0.1) is 6.92 Å². The summed E-state index contributed by atoms with van der Waals surface area (Å²) < 4.78 is 40.7. The summed E-state index contributed by atoms with van der Waals surface area (Å²) in [7, 11) is 0. The quantitative estimate of drug-likeness (QED) is 0.580. The molecule has 1 amide bonds. The lowest BCUT2D eigenvalue weighted by atomic mass is 10.2. The number of amides is 1. The predicted octanol–water partition coefficient (Wildman–Crippen LogP) is 3.91. The van der Waals surface area contributed by atoms with Gasteiger partial charge in [0.2, 0.25) is 5.43 Å². The topological polar surface area (TPSA) is 58.4 Å². The van der Waals surface area contributed by atoms with Crippen LogP contribution in [-0.2, 0) is 12.7 Å². The van der Waals surface area contributed by atoms with Gasteiger partial charge in [-0.1, -0.05) is 36.4 Å². The van der Waals surface area contributed by atoms with Crippen LogP contribution in [0.1, 0.15) is 33.7 Å². The van der Waals surface area contributed by atoms with Crippen LogP contribution in [0.5, 0.6) is 0 Å². The summed E-state index contributed by atoms with van der Waals surface area (Å²) in [5, 5.41) is 4.19. The first kappa shape index (κ1) is 23.7. The van der Waals surface area contributed by atoms with Gasteiger partial charge in [0, 0.05) is 44.5 Å². The van der Waals surface area contributed by atoms with Gasteiger partial charge >= 0.3 is 6.18 Å². The van der Waals surface area contributed by atoms with Crippen molar-refractivity contribution in [3.05, 3.63) is 93.4 Å². The number of aryl methyl sites for hydroxylation is 1. The van der Waals surface area contributed by atoms with E-state index >= 15 is 0 Å². The van der Waals surface area contributed by atoms with Crippen LogP contribution in [0.15, 0.2) is 65.5 Å². The lowest BCUT2D eigenvalue weighted by molar-refractivity contribution is -0.137. The van der Waals surface area contributed by atoms with Crippen LogP contribution >= 0.6 is 0 Å². The van der Waals surface area contributed by atoms with E-state index in [1.807, 2.05) is 18.2 Å². The number of halogens is 3. The van der Waals surface area contributed by atoms with Crippen LogP contribution in [0.3, 0.4) is 0 Å². The molecule has 0 spiro atoms. The molecule has 0 saturated carbocycles. The maximum absolute atomic E-state index is 13.2. The largest absolute Gasteiger partial charge is 0.416 e. The third-order valence-corrected chi connectivity index (χ3v) is 5.85. The average Bonchev–Trinajstić information content (AvgIpc) is 3.04. The van der Waals surface area contributed by atoms with Crippen LogP contribution in [-0.4, -0.2) is 51.7 Å². The van der Waals surface area contributed by atoms with E-state index in [-0.39, 0.29) is 11.4 Å². The highest BCUT2D eigenvalue weighted by atomic mass is 19.4. The molecular weight excluding hydrogens is 445 g/mol. The van der Waals surface area contributed by atoms with Gasteiger partial charge in [-0.05, 0) is 37.1 Å². The van der Waals surface area contributed by atoms with Crippen LogP contribution in [0.4, 0.5) is 13.2 Å². The van der Waals surface area contributed by atoms with Crippen molar-refractivity contribution >= 4 is 5.91 Å². The number of benzene rings is 2. The zero-order chi connectivity index (χ0) is 24.3. The third-order valence-electron chi connectivity index (χ3n) is 5.85. The van der Waals surface area contributed by atoms with E-state index in [2.05, 4.69) is 22.1 Å². The molecule has 2 heterocycles. The Balaban J connectivity index is 1.55. The van der Waals surface area contributed by atoms with Crippen molar-refractivity contribution < 1.29 is 18.0 Å². The van der Waals surface area contributed by atoms with Crippen LogP contribution < -0.4 is 5.43 Å². The maximum atomic E-state index is 13.2. The molecule has 1 fully saturated rings. The molecule has 0 bridgehead atoms. The number of alkyl halides is 3. The third kappa shape index (κ3) is 5.36. The smallest absolute Gasteiger partial charge is 0.336 e. The standard InChI is InChI=1S/C25H25F3N4O2/c1-18-15-22(33)23(29-32(18)21-10-5-9-20(16-21)25(26,27)28)24(34)31-12-6-11-30(13-14-31)17-19-7-3-2-4-8-19/h2-5,7-10,15-16H,6,11-14,17H2,1H3. The Morgan fingerprint density at radius 2 is 1.74 bits per heavy atom. The molecule has 1 aromatic heterocycles. The summed E-state index contributed by atoms with van der Waals surface area (Å²) in [6.45, 7) is 4.71. The van der Waals surface area contributed by atoms with E-state index in [1.54, 1.807) is 11.8 Å². The minimum Gasteiger partial charge on any atom is -0.336 e.